The zero-order chi connectivity index (χ0) is 19.6. The Labute approximate surface area is 171 Å². The number of hydrogen-bond acceptors (Lipinski definition) is 1. The van der Waals surface area contributed by atoms with E-state index >= 15 is 0 Å². The van der Waals surface area contributed by atoms with Crippen LogP contribution in [0.15, 0.2) is 90.2 Å². The van der Waals surface area contributed by atoms with Gasteiger partial charge in [0.1, 0.15) is 0 Å². The number of nitrogens with one attached hydrogen (secondary N) is 1. The molecule has 1 N–H and O–H groups in total. The first-order valence-corrected chi connectivity index (χ1v) is 15.0. The Hall–Kier alpha value is -2.15. The largest absolute Gasteiger partial charge is 0.387 e. The molecule has 0 aliphatic heterocycles. The predicted octanol–water partition coefficient (Wildman–Crippen LogP) is 5.51. The van der Waals surface area contributed by atoms with Crippen LogP contribution >= 0.6 is 7.92 Å². The molecule has 0 spiro atoms. The molecule has 0 aromatic heterocycles. The summed E-state index contributed by atoms with van der Waals surface area (Å²) in [6.45, 7) is 7.29. The summed E-state index contributed by atoms with van der Waals surface area (Å²) in [6, 6.07) is 31.0. The van der Waals surface area contributed by atoms with Crippen molar-refractivity contribution < 1.29 is 0 Å². The highest BCUT2D eigenvalue weighted by Gasteiger charge is 2.29. The van der Waals surface area contributed by atoms with Gasteiger partial charge in [-0.3, -0.25) is 0 Å². The summed E-state index contributed by atoms with van der Waals surface area (Å²) in [4.78, 5) is 0. The van der Waals surface area contributed by atoms with E-state index in [1.54, 1.807) is 5.31 Å². The van der Waals surface area contributed by atoms with Gasteiger partial charge in [-0.2, -0.15) is 0 Å². The standard InChI is InChI=1S/C25H28NPSi/c1-28(2,3)19-26-25-23-17-11-10-12-20(23)18-24(25)27(21-13-6-4-7-14-21)22-15-8-5-9-16-22/h4-17,26H,18-19H2,1-3H3. The van der Waals surface area contributed by atoms with E-state index < -0.39 is 16.0 Å². The highest BCUT2D eigenvalue weighted by atomic mass is 31.1. The first-order valence-electron chi connectivity index (χ1n) is 9.98. The molecule has 1 nitrogen and oxygen atoms in total. The Balaban J connectivity index is 1.85. The minimum Gasteiger partial charge on any atom is -0.387 e. The van der Waals surface area contributed by atoms with Crippen LogP contribution in [0.25, 0.3) is 5.70 Å². The molecule has 0 radical (unpaired) electrons. The summed E-state index contributed by atoms with van der Waals surface area (Å²) in [5, 5.41) is 8.33. The van der Waals surface area contributed by atoms with E-state index in [0.29, 0.717) is 0 Å². The maximum Gasteiger partial charge on any atom is 0.0662 e. The predicted molar refractivity (Wildman–Crippen MR) is 127 cm³/mol. The average molecular weight is 402 g/mol. The highest BCUT2D eigenvalue weighted by Crippen LogP contribution is 2.51. The third-order valence-electron chi connectivity index (χ3n) is 5.03. The van der Waals surface area contributed by atoms with Gasteiger partial charge in [-0.05, 0) is 29.4 Å². The van der Waals surface area contributed by atoms with Crippen molar-refractivity contribution in [2.75, 3.05) is 6.17 Å². The van der Waals surface area contributed by atoms with Crippen LogP contribution in [0.3, 0.4) is 0 Å². The topological polar surface area (TPSA) is 12.0 Å². The number of hydrogen-bond donors (Lipinski definition) is 1. The van der Waals surface area contributed by atoms with Crippen LogP contribution in [0.5, 0.6) is 0 Å². The molecule has 0 saturated heterocycles. The summed E-state index contributed by atoms with van der Waals surface area (Å²) in [7, 11) is -1.76. The molecule has 3 heteroatoms. The van der Waals surface area contributed by atoms with Crippen LogP contribution in [0.2, 0.25) is 19.6 Å². The van der Waals surface area contributed by atoms with E-state index in [0.717, 1.165) is 12.6 Å². The molecular weight excluding hydrogens is 373 g/mol. The second-order valence-corrected chi connectivity index (χ2v) is 16.3. The lowest BCUT2D eigenvalue weighted by atomic mass is 10.1. The van der Waals surface area contributed by atoms with Gasteiger partial charge in [0.05, 0.1) is 8.07 Å². The van der Waals surface area contributed by atoms with E-state index in [1.807, 2.05) is 0 Å². The molecule has 1 aliphatic carbocycles. The lowest BCUT2D eigenvalue weighted by molar-refractivity contribution is 1.04. The summed E-state index contributed by atoms with van der Waals surface area (Å²) < 4.78 is 0. The highest BCUT2D eigenvalue weighted by molar-refractivity contribution is 7.77. The van der Waals surface area contributed by atoms with E-state index in [4.69, 9.17) is 0 Å². The quantitative estimate of drug-likeness (QED) is 0.424. The van der Waals surface area contributed by atoms with E-state index in [-0.39, 0.29) is 0 Å². The van der Waals surface area contributed by atoms with Gasteiger partial charge in [0.15, 0.2) is 0 Å². The second kappa shape index (κ2) is 8.07. The van der Waals surface area contributed by atoms with Crippen LogP contribution in [0, 0.1) is 0 Å². The molecule has 142 valence electrons. The lowest BCUT2D eigenvalue weighted by Gasteiger charge is -2.24. The number of fused-ring (bicyclic) bond motifs is 1. The van der Waals surface area contributed by atoms with Crippen molar-refractivity contribution in [3.63, 3.8) is 0 Å². The van der Waals surface area contributed by atoms with Crippen LogP contribution in [0.4, 0.5) is 0 Å². The summed E-state index contributed by atoms with van der Waals surface area (Å²) >= 11 is 0. The molecule has 0 saturated carbocycles. The van der Waals surface area contributed by atoms with Gasteiger partial charge >= 0.3 is 0 Å². The summed E-state index contributed by atoms with van der Waals surface area (Å²) in [6.07, 6.45) is 2.15. The van der Waals surface area contributed by atoms with E-state index in [1.165, 1.54) is 27.4 Å². The van der Waals surface area contributed by atoms with Crippen molar-refractivity contribution in [1.29, 1.82) is 0 Å². The maximum absolute atomic E-state index is 3.91. The van der Waals surface area contributed by atoms with Gasteiger partial charge in [0, 0.05) is 23.8 Å². The maximum atomic E-state index is 3.91. The van der Waals surface area contributed by atoms with Gasteiger partial charge in [-0.1, -0.05) is 105 Å². The minimum atomic E-state index is -1.21. The molecular formula is C25H28NPSi. The second-order valence-electron chi connectivity index (χ2n) is 8.58. The van der Waals surface area contributed by atoms with Crippen molar-refractivity contribution in [1.82, 2.24) is 5.32 Å². The first-order chi connectivity index (χ1) is 13.5. The van der Waals surface area contributed by atoms with Crippen molar-refractivity contribution in [3.05, 3.63) is 101 Å². The molecule has 0 bridgehead atoms. The molecule has 0 amide bonds. The molecule has 0 fully saturated rings. The van der Waals surface area contributed by atoms with E-state index in [9.17, 15) is 0 Å². The molecule has 3 aromatic carbocycles. The number of allylic oxidation sites excluding steroid dienone is 1. The van der Waals surface area contributed by atoms with Crippen LogP contribution in [0.1, 0.15) is 11.1 Å². The molecule has 1 aliphatic rings. The van der Waals surface area contributed by atoms with Gasteiger partial charge in [-0.15, -0.1) is 0 Å². The Bertz CT molecular complexity index is 935. The monoisotopic (exact) mass is 401 g/mol. The fourth-order valence-corrected chi connectivity index (χ4v) is 7.02. The molecule has 0 heterocycles. The molecule has 3 aromatic rings. The molecule has 28 heavy (non-hydrogen) atoms. The van der Waals surface area contributed by atoms with Crippen LogP contribution < -0.4 is 15.9 Å². The summed E-state index contributed by atoms with van der Waals surface area (Å²) in [5.41, 5.74) is 4.24. The normalized spacial score (nSPS) is 13.7. The fraction of sp³-hybridized carbons (Fsp3) is 0.200. The van der Waals surface area contributed by atoms with Crippen LogP contribution in [-0.2, 0) is 6.42 Å². The zero-order valence-electron chi connectivity index (χ0n) is 16.9. The number of benzene rings is 3. The van der Waals surface area contributed by atoms with Crippen molar-refractivity contribution in [2.24, 2.45) is 0 Å². The van der Waals surface area contributed by atoms with E-state index in [2.05, 4.69) is 110 Å². The molecule has 4 rings (SSSR count). The van der Waals surface area contributed by atoms with Gasteiger partial charge in [0.25, 0.3) is 0 Å². The van der Waals surface area contributed by atoms with Crippen molar-refractivity contribution in [2.45, 2.75) is 26.1 Å². The van der Waals surface area contributed by atoms with Crippen LogP contribution in [-0.4, -0.2) is 14.2 Å². The number of rotatable bonds is 6. The molecule has 0 unspecified atom stereocenters. The Morgan fingerprint density at radius 2 is 1.29 bits per heavy atom. The lowest BCUT2D eigenvalue weighted by Crippen LogP contribution is -2.36. The third kappa shape index (κ3) is 4.14. The first kappa shape index (κ1) is 19.2. The van der Waals surface area contributed by atoms with Gasteiger partial charge < -0.3 is 5.32 Å². The summed E-state index contributed by atoms with van der Waals surface area (Å²) in [5.74, 6) is 0. The average Bonchev–Trinajstić information content (AvgIpc) is 3.06. The minimum absolute atomic E-state index is 0.553. The third-order valence-corrected chi connectivity index (χ3v) is 8.82. The Morgan fingerprint density at radius 1 is 0.750 bits per heavy atom. The molecule has 0 atom stereocenters. The smallest absolute Gasteiger partial charge is 0.0662 e. The Morgan fingerprint density at radius 3 is 1.86 bits per heavy atom. The SMILES string of the molecule is C[Si](C)(C)CNC1=C(P(c2ccccc2)c2ccccc2)Cc2ccccc21. The van der Waals surface area contributed by atoms with Gasteiger partial charge in [0.2, 0.25) is 0 Å². The van der Waals surface area contributed by atoms with Crippen molar-refractivity contribution in [3.8, 4) is 0 Å². The zero-order valence-corrected chi connectivity index (χ0v) is 18.8. The van der Waals surface area contributed by atoms with Crippen molar-refractivity contribution >= 4 is 32.3 Å². The Kier molecular flexibility index (Phi) is 5.53. The fourth-order valence-electron chi connectivity index (χ4n) is 3.70. The van der Waals surface area contributed by atoms with Gasteiger partial charge in [-0.25, -0.2) is 0 Å².